The van der Waals surface area contributed by atoms with Crippen LogP contribution in [0.25, 0.3) is 0 Å². The van der Waals surface area contributed by atoms with Gasteiger partial charge < -0.3 is 4.79 Å². The van der Waals surface area contributed by atoms with Gasteiger partial charge >= 0.3 is 0 Å². The lowest BCUT2D eigenvalue weighted by Gasteiger charge is -2.02. The predicted molar refractivity (Wildman–Crippen MR) is 53.1 cm³/mol. The van der Waals surface area contributed by atoms with E-state index in [4.69, 9.17) is 0 Å². The van der Waals surface area contributed by atoms with E-state index in [2.05, 4.69) is 15.9 Å². The number of carbonyl (C=O) groups is 1. The number of aryl methyl sites for hydroxylation is 1. The largest absolute Gasteiger partial charge is 0.300 e. The van der Waals surface area contributed by atoms with Crippen molar-refractivity contribution in [2.45, 2.75) is 19.8 Å². The molecule has 0 aliphatic rings. The third-order valence-electron chi connectivity index (χ3n) is 1.75. The topological polar surface area (TPSA) is 17.1 Å². The minimum absolute atomic E-state index is 0.121. The molecule has 1 aromatic rings. The Hall–Kier alpha value is -0.700. The predicted octanol–water partition coefficient (Wildman–Crippen LogP) is 3.11. The zero-order valence-electron chi connectivity index (χ0n) is 7.31. The molecule has 1 nitrogen and oxygen atoms in total. The summed E-state index contributed by atoms with van der Waals surface area (Å²) in [5.74, 6) is -0.141. The lowest BCUT2D eigenvalue weighted by molar-refractivity contribution is -0.116. The average Bonchev–Trinajstić information content (AvgIpc) is 2.06. The summed E-state index contributed by atoms with van der Waals surface area (Å²) < 4.78 is 13.6. The molecule has 0 fully saturated rings. The molecule has 3 heteroatoms. The van der Waals surface area contributed by atoms with Gasteiger partial charge in [-0.2, -0.15) is 0 Å². The SMILES string of the molecule is CC(=O)CCc1cc(F)ccc1Br. The number of hydrogen-bond acceptors (Lipinski definition) is 1. The van der Waals surface area contributed by atoms with Gasteiger partial charge in [0.25, 0.3) is 0 Å². The molecule has 0 atom stereocenters. The van der Waals surface area contributed by atoms with E-state index in [0.29, 0.717) is 12.8 Å². The van der Waals surface area contributed by atoms with E-state index in [9.17, 15) is 9.18 Å². The minimum atomic E-state index is -0.262. The Bertz CT molecular complexity index is 323. The van der Waals surface area contributed by atoms with Crippen molar-refractivity contribution >= 4 is 21.7 Å². The van der Waals surface area contributed by atoms with Gasteiger partial charge in [0.15, 0.2) is 0 Å². The summed E-state index contributed by atoms with van der Waals surface area (Å²) in [7, 11) is 0. The first-order valence-electron chi connectivity index (χ1n) is 4.03. The fourth-order valence-corrected chi connectivity index (χ4v) is 1.49. The molecule has 1 rings (SSSR count). The molecule has 0 saturated heterocycles. The highest BCUT2D eigenvalue weighted by Gasteiger charge is 2.02. The molecule has 0 spiro atoms. The fraction of sp³-hybridized carbons (Fsp3) is 0.300. The third-order valence-corrected chi connectivity index (χ3v) is 2.53. The Balaban J connectivity index is 2.75. The van der Waals surface area contributed by atoms with Crippen LogP contribution in [0.4, 0.5) is 4.39 Å². The minimum Gasteiger partial charge on any atom is -0.300 e. The number of hydrogen-bond donors (Lipinski definition) is 0. The molecule has 0 radical (unpaired) electrons. The second-order valence-corrected chi connectivity index (χ2v) is 3.79. The maximum absolute atomic E-state index is 12.8. The maximum atomic E-state index is 12.8. The molecular formula is C10H10BrFO. The molecule has 13 heavy (non-hydrogen) atoms. The van der Waals surface area contributed by atoms with Crippen molar-refractivity contribution in [1.82, 2.24) is 0 Å². The van der Waals surface area contributed by atoms with Crippen LogP contribution < -0.4 is 0 Å². The number of carbonyl (C=O) groups excluding carboxylic acids is 1. The second-order valence-electron chi connectivity index (χ2n) is 2.94. The van der Waals surface area contributed by atoms with Gasteiger partial charge in [-0.25, -0.2) is 4.39 Å². The Morgan fingerprint density at radius 3 is 2.85 bits per heavy atom. The Morgan fingerprint density at radius 1 is 1.54 bits per heavy atom. The highest BCUT2D eigenvalue weighted by atomic mass is 79.9. The lowest BCUT2D eigenvalue weighted by Crippen LogP contribution is -1.95. The van der Waals surface area contributed by atoms with Gasteiger partial charge in [-0.3, -0.25) is 0 Å². The van der Waals surface area contributed by atoms with Gasteiger partial charge in [0.1, 0.15) is 11.6 Å². The summed E-state index contributed by atoms with van der Waals surface area (Å²) >= 11 is 3.30. The van der Waals surface area contributed by atoms with Crippen LogP contribution in [0, 0.1) is 5.82 Å². The number of Topliss-reactive ketones (excluding diaryl/α,β-unsaturated/α-hetero) is 1. The van der Waals surface area contributed by atoms with E-state index < -0.39 is 0 Å². The summed E-state index contributed by atoms with van der Waals surface area (Å²) in [5, 5.41) is 0. The van der Waals surface area contributed by atoms with Crippen LogP contribution in [0.3, 0.4) is 0 Å². The zero-order chi connectivity index (χ0) is 9.84. The van der Waals surface area contributed by atoms with Crippen LogP contribution in [0.1, 0.15) is 18.9 Å². The van der Waals surface area contributed by atoms with Crippen molar-refractivity contribution < 1.29 is 9.18 Å². The van der Waals surface area contributed by atoms with Gasteiger partial charge in [0.2, 0.25) is 0 Å². The van der Waals surface area contributed by atoms with Crippen molar-refractivity contribution in [3.05, 3.63) is 34.1 Å². The average molecular weight is 245 g/mol. The van der Waals surface area contributed by atoms with E-state index in [1.165, 1.54) is 19.1 Å². The highest BCUT2D eigenvalue weighted by Crippen LogP contribution is 2.19. The van der Waals surface area contributed by atoms with E-state index in [0.717, 1.165) is 10.0 Å². The van der Waals surface area contributed by atoms with Crippen molar-refractivity contribution in [2.75, 3.05) is 0 Å². The standard InChI is InChI=1S/C10H10BrFO/c1-7(13)2-3-8-6-9(12)4-5-10(8)11/h4-6H,2-3H2,1H3. The van der Waals surface area contributed by atoms with E-state index >= 15 is 0 Å². The van der Waals surface area contributed by atoms with Gasteiger partial charge in [-0.05, 0) is 37.1 Å². The first-order valence-corrected chi connectivity index (χ1v) is 4.82. The van der Waals surface area contributed by atoms with Crippen molar-refractivity contribution in [1.29, 1.82) is 0 Å². The molecule has 0 heterocycles. The maximum Gasteiger partial charge on any atom is 0.130 e. The molecular weight excluding hydrogens is 235 g/mol. The highest BCUT2D eigenvalue weighted by molar-refractivity contribution is 9.10. The van der Waals surface area contributed by atoms with Crippen LogP contribution in [0.2, 0.25) is 0 Å². The van der Waals surface area contributed by atoms with E-state index in [1.807, 2.05) is 0 Å². The van der Waals surface area contributed by atoms with Crippen LogP contribution in [0.5, 0.6) is 0 Å². The monoisotopic (exact) mass is 244 g/mol. The van der Waals surface area contributed by atoms with Gasteiger partial charge in [-0.1, -0.05) is 15.9 Å². The van der Waals surface area contributed by atoms with Crippen LogP contribution in [0.15, 0.2) is 22.7 Å². The Morgan fingerprint density at radius 2 is 2.23 bits per heavy atom. The number of rotatable bonds is 3. The van der Waals surface area contributed by atoms with Crippen LogP contribution in [-0.2, 0) is 11.2 Å². The first kappa shape index (κ1) is 10.4. The Kier molecular flexibility index (Phi) is 3.60. The summed E-state index contributed by atoms with van der Waals surface area (Å²) in [6.07, 6.45) is 1.05. The smallest absolute Gasteiger partial charge is 0.130 e. The number of halogens is 2. The molecule has 0 aliphatic carbocycles. The lowest BCUT2D eigenvalue weighted by atomic mass is 10.1. The Labute approximate surface area is 85.1 Å². The summed E-state index contributed by atoms with van der Waals surface area (Å²) in [6, 6.07) is 4.50. The van der Waals surface area contributed by atoms with Gasteiger partial charge in [0.05, 0.1) is 0 Å². The van der Waals surface area contributed by atoms with Crippen molar-refractivity contribution in [2.24, 2.45) is 0 Å². The van der Waals surface area contributed by atoms with Crippen molar-refractivity contribution in [3.63, 3.8) is 0 Å². The number of benzene rings is 1. The molecule has 0 aromatic heterocycles. The quantitative estimate of drug-likeness (QED) is 0.799. The van der Waals surface area contributed by atoms with Crippen LogP contribution >= 0.6 is 15.9 Å². The molecule has 0 bridgehead atoms. The fourth-order valence-electron chi connectivity index (χ4n) is 1.05. The van der Waals surface area contributed by atoms with Gasteiger partial charge in [-0.15, -0.1) is 0 Å². The normalized spacial score (nSPS) is 10.1. The van der Waals surface area contributed by atoms with Gasteiger partial charge in [0, 0.05) is 10.9 Å². The summed E-state index contributed by atoms with van der Waals surface area (Å²) in [5.41, 5.74) is 0.843. The molecule has 0 amide bonds. The molecule has 0 N–H and O–H groups in total. The second kappa shape index (κ2) is 4.51. The summed E-state index contributed by atoms with van der Waals surface area (Å²) in [6.45, 7) is 1.53. The van der Waals surface area contributed by atoms with Crippen LogP contribution in [-0.4, -0.2) is 5.78 Å². The first-order chi connectivity index (χ1) is 6.09. The number of ketones is 1. The zero-order valence-corrected chi connectivity index (χ0v) is 8.90. The molecule has 70 valence electrons. The van der Waals surface area contributed by atoms with Crippen molar-refractivity contribution in [3.8, 4) is 0 Å². The molecule has 0 unspecified atom stereocenters. The van der Waals surface area contributed by atoms with E-state index in [-0.39, 0.29) is 11.6 Å². The van der Waals surface area contributed by atoms with E-state index in [1.54, 1.807) is 6.07 Å². The third kappa shape index (κ3) is 3.27. The summed E-state index contributed by atoms with van der Waals surface area (Å²) in [4.78, 5) is 10.7. The molecule has 0 saturated carbocycles. The molecule has 1 aromatic carbocycles. The molecule has 0 aliphatic heterocycles.